The zero-order chi connectivity index (χ0) is 10.8. The molecule has 0 saturated carbocycles. The molecule has 0 spiro atoms. The third-order valence-electron chi connectivity index (χ3n) is 2.69. The van der Waals surface area contributed by atoms with Crippen molar-refractivity contribution in [3.63, 3.8) is 0 Å². The van der Waals surface area contributed by atoms with Gasteiger partial charge in [-0.05, 0) is 12.1 Å². The molecule has 0 N–H and O–H groups in total. The molecule has 0 aromatic heterocycles. The van der Waals surface area contributed by atoms with Crippen molar-refractivity contribution in [3.05, 3.63) is 24.0 Å². The first-order valence-corrected chi connectivity index (χ1v) is 4.92. The predicted octanol–water partition coefficient (Wildman–Crippen LogP) is 1.28. The first-order chi connectivity index (χ1) is 7.24. The topological polar surface area (TPSA) is 23.6 Å². The average molecular weight is 208 g/mol. The van der Waals surface area contributed by atoms with Crippen molar-refractivity contribution in [2.45, 2.75) is 0 Å². The Morgan fingerprint density at radius 3 is 3.00 bits per heavy atom. The Morgan fingerprint density at radius 1 is 1.47 bits per heavy atom. The van der Waals surface area contributed by atoms with E-state index in [-0.39, 0.29) is 12.4 Å². The Balaban J connectivity index is 2.46. The number of rotatable bonds is 2. The number of nitrogens with zero attached hydrogens (tertiary/aromatic N) is 2. The Morgan fingerprint density at radius 2 is 2.27 bits per heavy atom. The van der Waals surface area contributed by atoms with Gasteiger partial charge in [0.2, 0.25) is 0 Å². The second kappa shape index (κ2) is 3.88. The van der Waals surface area contributed by atoms with Crippen molar-refractivity contribution < 1.29 is 9.18 Å². The second-order valence-corrected chi connectivity index (χ2v) is 3.64. The van der Waals surface area contributed by atoms with E-state index in [1.54, 1.807) is 11.0 Å². The maximum atomic E-state index is 13.6. The fourth-order valence-electron chi connectivity index (χ4n) is 1.90. The highest BCUT2D eigenvalue weighted by molar-refractivity contribution is 5.76. The van der Waals surface area contributed by atoms with E-state index in [2.05, 4.69) is 0 Å². The Bertz CT molecular complexity index is 381. The molecule has 1 aromatic carbocycles. The normalized spacial score (nSPS) is 15.1. The van der Waals surface area contributed by atoms with Crippen molar-refractivity contribution in [1.82, 2.24) is 0 Å². The molecule has 1 heterocycles. The lowest BCUT2D eigenvalue weighted by molar-refractivity contribution is -0.106. The number of hydrogen-bond donors (Lipinski definition) is 0. The molecule has 0 unspecified atom stereocenters. The standard InChI is InChI=1S/C11H13FN2O/c1-13-5-6-14(7-8-15)11-9(12)3-2-4-10(11)13/h2-4,8H,5-7H2,1H3. The smallest absolute Gasteiger partial charge is 0.148 e. The van der Waals surface area contributed by atoms with Crippen LogP contribution < -0.4 is 9.80 Å². The molecular formula is C11H13FN2O. The summed E-state index contributed by atoms with van der Waals surface area (Å²) in [5.74, 6) is -0.263. The van der Waals surface area contributed by atoms with E-state index < -0.39 is 0 Å². The van der Waals surface area contributed by atoms with Crippen LogP contribution in [-0.4, -0.2) is 33.0 Å². The lowest BCUT2D eigenvalue weighted by atomic mass is 10.1. The quantitative estimate of drug-likeness (QED) is 0.684. The van der Waals surface area contributed by atoms with Crippen molar-refractivity contribution in [2.75, 3.05) is 36.5 Å². The summed E-state index contributed by atoms with van der Waals surface area (Å²) in [6.07, 6.45) is 0.807. The monoisotopic (exact) mass is 208 g/mol. The van der Waals surface area contributed by atoms with E-state index in [0.717, 1.165) is 18.5 Å². The number of hydrogen-bond acceptors (Lipinski definition) is 3. The number of benzene rings is 1. The molecule has 0 fully saturated rings. The second-order valence-electron chi connectivity index (χ2n) is 3.64. The Kier molecular flexibility index (Phi) is 2.58. The number of carbonyl (C=O) groups is 1. The van der Waals surface area contributed by atoms with Gasteiger partial charge < -0.3 is 14.6 Å². The molecule has 0 aliphatic carbocycles. The molecule has 1 aliphatic heterocycles. The highest BCUT2D eigenvalue weighted by atomic mass is 19.1. The molecule has 1 aromatic rings. The summed E-state index contributed by atoms with van der Waals surface area (Å²) in [7, 11) is 1.93. The minimum atomic E-state index is -0.263. The van der Waals surface area contributed by atoms with E-state index in [4.69, 9.17) is 0 Å². The van der Waals surface area contributed by atoms with Crippen LogP contribution >= 0.6 is 0 Å². The zero-order valence-corrected chi connectivity index (χ0v) is 8.61. The zero-order valence-electron chi connectivity index (χ0n) is 8.61. The number of halogens is 1. The van der Waals surface area contributed by atoms with Crippen molar-refractivity contribution >= 4 is 17.7 Å². The van der Waals surface area contributed by atoms with Crippen LogP contribution in [-0.2, 0) is 4.79 Å². The largest absolute Gasteiger partial charge is 0.371 e. The number of carbonyl (C=O) groups excluding carboxylic acids is 1. The lowest BCUT2D eigenvalue weighted by Gasteiger charge is -2.36. The van der Waals surface area contributed by atoms with Crippen LogP contribution in [0, 0.1) is 5.82 Å². The van der Waals surface area contributed by atoms with E-state index in [1.165, 1.54) is 6.07 Å². The number of anilines is 2. The molecular weight excluding hydrogens is 195 g/mol. The highest BCUT2D eigenvalue weighted by Crippen LogP contribution is 2.33. The first-order valence-electron chi connectivity index (χ1n) is 4.92. The van der Waals surface area contributed by atoms with E-state index in [0.29, 0.717) is 12.2 Å². The van der Waals surface area contributed by atoms with Crippen molar-refractivity contribution in [1.29, 1.82) is 0 Å². The maximum Gasteiger partial charge on any atom is 0.148 e. The number of para-hydroxylation sites is 1. The van der Waals surface area contributed by atoms with Crippen molar-refractivity contribution in [3.8, 4) is 0 Å². The van der Waals surface area contributed by atoms with Crippen LogP contribution in [0.1, 0.15) is 0 Å². The summed E-state index contributed by atoms with van der Waals surface area (Å²) >= 11 is 0. The summed E-state index contributed by atoms with van der Waals surface area (Å²) < 4.78 is 13.6. The van der Waals surface area contributed by atoms with Gasteiger partial charge in [-0.3, -0.25) is 0 Å². The molecule has 80 valence electrons. The lowest BCUT2D eigenvalue weighted by Crippen LogP contribution is -2.40. The summed E-state index contributed by atoms with van der Waals surface area (Å²) in [5, 5.41) is 0. The molecule has 0 bridgehead atoms. The van der Waals surface area contributed by atoms with E-state index >= 15 is 0 Å². The fraction of sp³-hybridized carbons (Fsp3) is 0.364. The minimum absolute atomic E-state index is 0.252. The Labute approximate surface area is 88.1 Å². The van der Waals surface area contributed by atoms with Gasteiger partial charge in [0.25, 0.3) is 0 Å². The van der Waals surface area contributed by atoms with Crippen LogP contribution in [0.5, 0.6) is 0 Å². The van der Waals surface area contributed by atoms with Crippen LogP contribution in [0.3, 0.4) is 0 Å². The molecule has 3 nitrogen and oxygen atoms in total. The van der Waals surface area contributed by atoms with Gasteiger partial charge in [0.15, 0.2) is 0 Å². The minimum Gasteiger partial charge on any atom is -0.371 e. The molecule has 2 rings (SSSR count). The van der Waals surface area contributed by atoms with Gasteiger partial charge in [-0.15, -0.1) is 0 Å². The van der Waals surface area contributed by atoms with Crippen LogP contribution in [0.4, 0.5) is 15.8 Å². The third-order valence-corrected chi connectivity index (χ3v) is 2.69. The molecule has 1 aliphatic rings. The van der Waals surface area contributed by atoms with Crippen LogP contribution in [0.15, 0.2) is 18.2 Å². The summed E-state index contributed by atoms with van der Waals surface area (Å²) in [4.78, 5) is 14.3. The molecule has 0 atom stereocenters. The maximum absolute atomic E-state index is 13.6. The SMILES string of the molecule is CN1CCN(CC=O)c2c(F)cccc21. The summed E-state index contributed by atoms with van der Waals surface area (Å²) in [6, 6.07) is 4.99. The van der Waals surface area contributed by atoms with E-state index in [1.807, 2.05) is 18.0 Å². The molecule has 0 radical (unpaired) electrons. The van der Waals surface area contributed by atoms with Crippen molar-refractivity contribution in [2.24, 2.45) is 0 Å². The van der Waals surface area contributed by atoms with Gasteiger partial charge in [-0.25, -0.2) is 4.39 Å². The van der Waals surface area contributed by atoms with Gasteiger partial charge in [0.05, 0.1) is 17.9 Å². The Hall–Kier alpha value is -1.58. The third kappa shape index (κ3) is 1.67. The number of likely N-dealkylation sites (N-methyl/N-ethyl adjacent to an activating group) is 1. The molecule has 15 heavy (non-hydrogen) atoms. The van der Waals surface area contributed by atoms with Gasteiger partial charge >= 0.3 is 0 Å². The molecule has 0 saturated heterocycles. The van der Waals surface area contributed by atoms with Gasteiger partial charge in [-0.1, -0.05) is 6.07 Å². The molecule has 4 heteroatoms. The summed E-state index contributed by atoms with van der Waals surface area (Å²) in [5.41, 5.74) is 1.39. The van der Waals surface area contributed by atoms with Gasteiger partial charge in [0, 0.05) is 20.1 Å². The van der Waals surface area contributed by atoms with Gasteiger partial charge in [-0.2, -0.15) is 0 Å². The van der Waals surface area contributed by atoms with Gasteiger partial charge in [0.1, 0.15) is 12.1 Å². The average Bonchev–Trinajstić information content (AvgIpc) is 2.23. The number of fused-ring (bicyclic) bond motifs is 1. The summed E-state index contributed by atoms with van der Waals surface area (Å²) in [6.45, 7) is 1.75. The first kappa shape index (κ1) is 9.96. The van der Waals surface area contributed by atoms with E-state index in [9.17, 15) is 9.18 Å². The number of aldehydes is 1. The highest BCUT2D eigenvalue weighted by Gasteiger charge is 2.22. The fourth-order valence-corrected chi connectivity index (χ4v) is 1.90. The van der Waals surface area contributed by atoms with Crippen LogP contribution in [0.25, 0.3) is 0 Å². The van der Waals surface area contributed by atoms with Crippen LogP contribution in [0.2, 0.25) is 0 Å². The molecule has 0 amide bonds. The predicted molar refractivity (Wildman–Crippen MR) is 57.9 cm³/mol.